The molecule has 1 atom stereocenters. The number of aromatic nitrogens is 4. The number of hydrogen-bond acceptors (Lipinski definition) is 9. The van der Waals surface area contributed by atoms with E-state index in [9.17, 15) is 4.79 Å². The molecular formula is C29H41N7O4. The Morgan fingerprint density at radius 1 is 1.18 bits per heavy atom. The predicted octanol–water partition coefficient (Wildman–Crippen LogP) is 4.72. The minimum atomic E-state index is -0.493. The molecular weight excluding hydrogens is 510 g/mol. The van der Waals surface area contributed by atoms with Crippen LogP contribution in [-0.4, -0.2) is 69.5 Å². The van der Waals surface area contributed by atoms with Crippen molar-refractivity contribution in [2.45, 2.75) is 71.2 Å². The van der Waals surface area contributed by atoms with Gasteiger partial charge in [-0.15, -0.1) is 0 Å². The predicted molar refractivity (Wildman–Crippen MR) is 153 cm³/mol. The van der Waals surface area contributed by atoms with Gasteiger partial charge >= 0.3 is 6.09 Å². The number of amides is 1. The van der Waals surface area contributed by atoms with Crippen molar-refractivity contribution in [3.05, 3.63) is 30.1 Å². The molecule has 0 spiro atoms. The van der Waals surface area contributed by atoms with Crippen LogP contribution in [0.4, 0.5) is 10.7 Å². The Kier molecular flexibility index (Phi) is 8.41. The first kappa shape index (κ1) is 28.1. The molecule has 2 aliphatic rings. The molecule has 3 aromatic rings. The fourth-order valence-corrected chi connectivity index (χ4v) is 5.32. The van der Waals surface area contributed by atoms with Crippen molar-refractivity contribution in [1.29, 1.82) is 0 Å². The second-order valence-corrected chi connectivity index (χ2v) is 11.6. The number of likely N-dealkylation sites (tertiary alicyclic amines) is 1. The molecule has 3 N–H and O–H groups in total. The fourth-order valence-electron chi connectivity index (χ4n) is 5.32. The van der Waals surface area contributed by atoms with Crippen molar-refractivity contribution in [1.82, 2.24) is 24.4 Å². The third-order valence-corrected chi connectivity index (χ3v) is 7.48. The topological polar surface area (TPSA) is 130 Å². The summed E-state index contributed by atoms with van der Waals surface area (Å²) < 4.78 is 19.1. The van der Waals surface area contributed by atoms with E-state index in [1.54, 1.807) is 12.0 Å². The van der Waals surface area contributed by atoms with Crippen LogP contribution in [0, 0.1) is 5.92 Å². The van der Waals surface area contributed by atoms with Gasteiger partial charge in [-0.3, -0.25) is 4.57 Å². The van der Waals surface area contributed by atoms with Crippen molar-refractivity contribution < 1.29 is 19.0 Å². The lowest BCUT2D eigenvalue weighted by molar-refractivity contribution is -0.0298. The Hall–Kier alpha value is -3.44. The number of nitrogens with zero attached hydrogens (tertiary/aromatic N) is 5. The fraction of sp³-hybridized carbons (Fsp3) is 0.586. The Morgan fingerprint density at radius 2 is 1.98 bits per heavy atom. The quantitative estimate of drug-likeness (QED) is 0.428. The van der Waals surface area contributed by atoms with E-state index in [2.05, 4.69) is 5.32 Å². The number of ether oxygens (including phenoxy) is 3. The molecule has 216 valence electrons. The van der Waals surface area contributed by atoms with Gasteiger partial charge in [-0.1, -0.05) is 0 Å². The summed E-state index contributed by atoms with van der Waals surface area (Å²) in [7, 11) is 1.64. The summed E-state index contributed by atoms with van der Waals surface area (Å²) in [4.78, 5) is 28.8. The van der Waals surface area contributed by atoms with Crippen LogP contribution in [0.15, 0.2) is 24.5 Å². The smallest absolute Gasteiger partial charge is 0.410 e. The number of imidazole rings is 1. The lowest BCUT2D eigenvalue weighted by Crippen LogP contribution is -2.42. The van der Waals surface area contributed by atoms with Gasteiger partial charge in [-0.05, 0) is 77.0 Å². The lowest BCUT2D eigenvalue weighted by Gasteiger charge is -2.33. The molecule has 1 unspecified atom stereocenters. The molecule has 0 bridgehead atoms. The van der Waals surface area contributed by atoms with Crippen molar-refractivity contribution in [3.8, 4) is 17.0 Å². The number of methoxy groups -OCH3 is 1. The van der Waals surface area contributed by atoms with Gasteiger partial charge in [0.1, 0.15) is 28.8 Å². The summed E-state index contributed by atoms with van der Waals surface area (Å²) in [6, 6.07) is 5.90. The van der Waals surface area contributed by atoms with Crippen molar-refractivity contribution in [2.75, 3.05) is 38.7 Å². The SMILES string of the molecule is COc1ccc(-c2nc(NCC3CCN(C(=O)OC(C)(C)C)CC3)nc3c2ncn3C2CCCCO2)cc1CN. The van der Waals surface area contributed by atoms with Gasteiger partial charge in [-0.2, -0.15) is 4.98 Å². The largest absolute Gasteiger partial charge is 0.496 e. The minimum absolute atomic E-state index is 0.0954. The molecule has 5 rings (SSSR count). The van der Waals surface area contributed by atoms with Crippen molar-refractivity contribution in [2.24, 2.45) is 11.7 Å². The number of hydrogen-bond donors (Lipinski definition) is 2. The molecule has 11 nitrogen and oxygen atoms in total. The van der Waals surface area contributed by atoms with E-state index in [0.717, 1.165) is 72.4 Å². The molecule has 0 aliphatic carbocycles. The standard InChI is InChI=1S/C29H41N7O4/c1-29(2,3)40-28(37)35-12-10-19(11-13-35)17-31-27-33-24(20-8-9-22(38-4)21(15-20)16-30)25-26(34-27)36(18-32-25)23-7-5-6-14-39-23/h8-9,15,18-19,23H,5-7,10-14,16-17,30H2,1-4H3,(H,31,33,34). The van der Waals surface area contributed by atoms with Gasteiger partial charge in [0.25, 0.3) is 0 Å². The van der Waals surface area contributed by atoms with E-state index in [4.69, 9.17) is 34.9 Å². The van der Waals surface area contributed by atoms with Gasteiger partial charge in [0.05, 0.1) is 13.4 Å². The second kappa shape index (κ2) is 12.0. The van der Waals surface area contributed by atoms with E-state index in [1.165, 1.54) is 0 Å². The molecule has 4 heterocycles. The molecule has 1 aromatic carbocycles. The number of nitrogens with one attached hydrogen (secondary N) is 1. The lowest BCUT2D eigenvalue weighted by atomic mass is 9.97. The van der Waals surface area contributed by atoms with Crippen LogP contribution in [-0.2, 0) is 16.0 Å². The van der Waals surface area contributed by atoms with Crippen LogP contribution in [0.3, 0.4) is 0 Å². The highest BCUT2D eigenvalue weighted by Crippen LogP contribution is 2.33. The molecule has 2 fully saturated rings. The first-order chi connectivity index (χ1) is 19.3. The van der Waals surface area contributed by atoms with E-state index in [0.29, 0.717) is 38.0 Å². The van der Waals surface area contributed by atoms with Gasteiger partial charge in [0.2, 0.25) is 5.95 Å². The third kappa shape index (κ3) is 6.31. The Labute approximate surface area is 235 Å². The van der Waals surface area contributed by atoms with Crippen molar-refractivity contribution in [3.63, 3.8) is 0 Å². The Bertz CT molecular complexity index is 1320. The first-order valence-corrected chi connectivity index (χ1v) is 14.2. The molecule has 0 saturated carbocycles. The average Bonchev–Trinajstić information content (AvgIpc) is 3.39. The van der Waals surface area contributed by atoms with E-state index < -0.39 is 5.60 Å². The maximum atomic E-state index is 12.5. The third-order valence-electron chi connectivity index (χ3n) is 7.48. The molecule has 2 aliphatic heterocycles. The molecule has 40 heavy (non-hydrogen) atoms. The average molecular weight is 552 g/mol. The number of piperidine rings is 1. The number of rotatable bonds is 7. The highest BCUT2D eigenvalue weighted by molar-refractivity contribution is 5.88. The summed E-state index contributed by atoms with van der Waals surface area (Å²) in [6.07, 6.45) is 6.33. The molecule has 1 amide bonds. The van der Waals surface area contributed by atoms with Gasteiger partial charge < -0.3 is 30.2 Å². The highest BCUT2D eigenvalue weighted by atomic mass is 16.6. The zero-order chi connectivity index (χ0) is 28.3. The number of carbonyl (C=O) groups excluding carboxylic acids is 1. The van der Waals surface area contributed by atoms with Crippen molar-refractivity contribution >= 4 is 23.2 Å². The molecule has 0 radical (unpaired) electrons. The van der Waals surface area contributed by atoms with E-state index in [1.807, 2.05) is 49.9 Å². The molecule has 2 saturated heterocycles. The van der Waals surface area contributed by atoms with Crippen LogP contribution in [0.5, 0.6) is 5.75 Å². The summed E-state index contributed by atoms with van der Waals surface area (Å²) in [5.41, 5.74) is 9.51. The number of carbonyl (C=O) groups is 1. The zero-order valence-corrected chi connectivity index (χ0v) is 24.0. The maximum Gasteiger partial charge on any atom is 0.410 e. The monoisotopic (exact) mass is 551 g/mol. The van der Waals surface area contributed by atoms with Gasteiger partial charge in [-0.25, -0.2) is 14.8 Å². The Balaban J connectivity index is 1.38. The van der Waals surface area contributed by atoms with Crippen LogP contribution in [0.25, 0.3) is 22.4 Å². The maximum absolute atomic E-state index is 12.5. The number of benzene rings is 1. The number of anilines is 1. The zero-order valence-electron chi connectivity index (χ0n) is 24.0. The summed E-state index contributed by atoms with van der Waals surface area (Å²) in [6.45, 7) is 8.80. The second-order valence-electron chi connectivity index (χ2n) is 11.6. The van der Waals surface area contributed by atoms with Gasteiger partial charge in [0.15, 0.2) is 5.65 Å². The van der Waals surface area contributed by atoms with Crippen LogP contribution in [0.1, 0.15) is 64.7 Å². The first-order valence-electron chi connectivity index (χ1n) is 14.2. The van der Waals surface area contributed by atoms with E-state index in [-0.39, 0.29) is 12.3 Å². The highest BCUT2D eigenvalue weighted by Gasteiger charge is 2.27. The molecule has 2 aromatic heterocycles. The summed E-state index contributed by atoms with van der Waals surface area (Å²) in [5, 5.41) is 3.48. The van der Waals surface area contributed by atoms with E-state index >= 15 is 0 Å². The summed E-state index contributed by atoms with van der Waals surface area (Å²) >= 11 is 0. The summed E-state index contributed by atoms with van der Waals surface area (Å²) in [5.74, 6) is 1.67. The molecule has 11 heteroatoms. The van der Waals surface area contributed by atoms with Crippen LogP contribution < -0.4 is 15.8 Å². The van der Waals surface area contributed by atoms with Gasteiger partial charge in [0, 0.05) is 43.9 Å². The number of fused-ring (bicyclic) bond motifs is 1. The normalized spacial score (nSPS) is 18.6. The minimum Gasteiger partial charge on any atom is -0.496 e. The Morgan fingerprint density at radius 3 is 2.65 bits per heavy atom. The van der Waals surface area contributed by atoms with Crippen LogP contribution >= 0.6 is 0 Å². The number of nitrogens with two attached hydrogens (primary N) is 1. The van der Waals surface area contributed by atoms with Crippen LogP contribution in [0.2, 0.25) is 0 Å².